The minimum atomic E-state index is -0.00745. The maximum Gasteiger partial charge on any atom is 0.234 e. The van der Waals surface area contributed by atoms with Gasteiger partial charge >= 0.3 is 0 Å². The molecule has 116 valence electrons. The molecule has 0 saturated carbocycles. The van der Waals surface area contributed by atoms with Crippen LogP contribution in [0.2, 0.25) is 0 Å². The minimum Gasteiger partial charge on any atom is -0.389 e. The molecular weight excluding hydrogens is 286 g/mol. The number of aryl methyl sites for hydroxylation is 1. The predicted octanol–water partition coefficient (Wildman–Crippen LogP) is 0.824. The van der Waals surface area contributed by atoms with E-state index in [0.29, 0.717) is 31.2 Å². The molecule has 0 radical (unpaired) electrons. The summed E-state index contributed by atoms with van der Waals surface area (Å²) < 4.78 is 4.89. The summed E-state index contributed by atoms with van der Waals surface area (Å²) in [6.07, 6.45) is 0. The van der Waals surface area contributed by atoms with Crippen LogP contribution in [0.4, 0.5) is 0 Å². The van der Waals surface area contributed by atoms with Gasteiger partial charge in [-0.25, -0.2) is 0 Å². The first-order valence-corrected chi connectivity index (χ1v) is 7.18. The highest BCUT2D eigenvalue weighted by Gasteiger charge is 2.09. The van der Waals surface area contributed by atoms with Crippen LogP contribution < -0.4 is 11.1 Å². The largest absolute Gasteiger partial charge is 0.389 e. The van der Waals surface area contributed by atoms with Gasteiger partial charge in [-0.3, -0.25) is 9.69 Å². The van der Waals surface area contributed by atoms with E-state index in [2.05, 4.69) is 5.32 Å². The smallest absolute Gasteiger partial charge is 0.234 e. The van der Waals surface area contributed by atoms with Crippen LogP contribution in [0.25, 0.3) is 0 Å². The number of nitrogens with two attached hydrogens (primary N) is 1. The van der Waals surface area contributed by atoms with Gasteiger partial charge < -0.3 is 15.8 Å². The second-order valence-corrected chi connectivity index (χ2v) is 5.46. The van der Waals surface area contributed by atoms with Crippen LogP contribution in [0.1, 0.15) is 16.7 Å². The molecular formula is C15H23N3O2S. The van der Waals surface area contributed by atoms with Gasteiger partial charge in [0.1, 0.15) is 4.99 Å². The third-order valence-corrected chi connectivity index (χ3v) is 3.34. The maximum absolute atomic E-state index is 11.7. The zero-order valence-corrected chi connectivity index (χ0v) is 13.6. The normalized spacial score (nSPS) is 10.7. The summed E-state index contributed by atoms with van der Waals surface area (Å²) in [7, 11) is 3.52. The molecule has 0 aromatic heterocycles. The highest BCUT2D eigenvalue weighted by atomic mass is 32.1. The van der Waals surface area contributed by atoms with Gasteiger partial charge in [0.05, 0.1) is 13.2 Å². The van der Waals surface area contributed by atoms with E-state index in [0.717, 1.165) is 16.7 Å². The van der Waals surface area contributed by atoms with E-state index in [-0.39, 0.29) is 5.91 Å². The summed E-state index contributed by atoms with van der Waals surface area (Å²) in [4.78, 5) is 14.1. The van der Waals surface area contributed by atoms with Gasteiger partial charge in [0.2, 0.25) is 5.91 Å². The lowest BCUT2D eigenvalue weighted by Crippen LogP contribution is -2.36. The number of carbonyl (C=O) groups excluding carboxylic acids is 1. The highest BCUT2D eigenvalue weighted by Crippen LogP contribution is 2.13. The third kappa shape index (κ3) is 6.20. The van der Waals surface area contributed by atoms with Crippen LogP contribution in [0.15, 0.2) is 18.2 Å². The molecule has 0 heterocycles. The van der Waals surface area contributed by atoms with E-state index < -0.39 is 0 Å². The first-order valence-electron chi connectivity index (χ1n) is 6.77. The molecule has 21 heavy (non-hydrogen) atoms. The number of likely N-dealkylation sites (N-methyl/N-ethyl adjacent to an activating group) is 1. The van der Waals surface area contributed by atoms with Crippen LogP contribution >= 0.6 is 12.2 Å². The van der Waals surface area contributed by atoms with Crippen LogP contribution in [0.5, 0.6) is 0 Å². The van der Waals surface area contributed by atoms with E-state index in [1.807, 2.05) is 37.1 Å². The van der Waals surface area contributed by atoms with Gasteiger partial charge in [-0.05, 0) is 31.2 Å². The lowest BCUT2D eigenvalue weighted by molar-refractivity contribution is -0.122. The summed E-state index contributed by atoms with van der Waals surface area (Å²) >= 11 is 4.96. The number of methoxy groups -OCH3 is 1. The van der Waals surface area contributed by atoms with Crippen molar-refractivity contribution >= 4 is 23.1 Å². The van der Waals surface area contributed by atoms with Crippen molar-refractivity contribution in [2.24, 2.45) is 5.73 Å². The Hall–Kier alpha value is -1.50. The Bertz CT molecular complexity index is 506. The van der Waals surface area contributed by atoms with Crippen molar-refractivity contribution in [3.63, 3.8) is 0 Å². The number of benzene rings is 1. The van der Waals surface area contributed by atoms with E-state index in [1.165, 1.54) is 0 Å². The first-order chi connectivity index (χ1) is 9.93. The quantitative estimate of drug-likeness (QED) is 0.550. The fourth-order valence-corrected chi connectivity index (χ4v) is 2.09. The van der Waals surface area contributed by atoms with Gasteiger partial charge in [-0.15, -0.1) is 0 Å². The molecule has 0 fully saturated rings. The van der Waals surface area contributed by atoms with Crippen molar-refractivity contribution < 1.29 is 9.53 Å². The predicted molar refractivity (Wildman–Crippen MR) is 88.3 cm³/mol. The SMILES string of the molecule is COCCNC(=O)CN(C)Cc1ccc(C(N)=S)cc1C. The molecule has 1 rings (SSSR count). The number of amides is 1. The highest BCUT2D eigenvalue weighted by molar-refractivity contribution is 7.80. The van der Waals surface area contributed by atoms with Gasteiger partial charge in [-0.1, -0.05) is 24.4 Å². The molecule has 0 atom stereocenters. The zero-order chi connectivity index (χ0) is 15.8. The summed E-state index contributed by atoms with van der Waals surface area (Å²) in [5.74, 6) is -0.00745. The van der Waals surface area contributed by atoms with E-state index in [1.54, 1.807) is 7.11 Å². The summed E-state index contributed by atoms with van der Waals surface area (Å²) in [6, 6.07) is 5.89. The Balaban J connectivity index is 2.53. The van der Waals surface area contributed by atoms with Gasteiger partial charge in [-0.2, -0.15) is 0 Å². The number of carbonyl (C=O) groups is 1. The molecule has 0 aliphatic rings. The molecule has 5 nitrogen and oxygen atoms in total. The Morgan fingerprint density at radius 2 is 2.19 bits per heavy atom. The Kier molecular flexibility index (Phi) is 7.28. The zero-order valence-electron chi connectivity index (χ0n) is 12.8. The molecule has 0 aliphatic carbocycles. The number of nitrogens with zero attached hydrogens (tertiary/aromatic N) is 1. The van der Waals surface area contributed by atoms with Crippen molar-refractivity contribution in [2.75, 3.05) is 33.9 Å². The van der Waals surface area contributed by atoms with E-state index >= 15 is 0 Å². The Morgan fingerprint density at radius 3 is 2.76 bits per heavy atom. The minimum absolute atomic E-state index is 0.00745. The average molecular weight is 309 g/mol. The number of rotatable bonds is 8. The van der Waals surface area contributed by atoms with Crippen LogP contribution in [0.3, 0.4) is 0 Å². The lowest BCUT2D eigenvalue weighted by atomic mass is 10.0. The fourth-order valence-electron chi connectivity index (χ4n) is 1.97. The van der Waals surface area contributed by atoms with Gasteiger partial charge in [0.25, 0.3) is 0 Å². The summed E-state index contributed by atoms with van der Waals surface area (Å²) in [5, 5.41) is 2.80. The molecule has 0 bridgehead atoms. The Labute approximate surface area is 131 Å². The molecule has 1 aromatic rings. The van der Waals surface area contributed by atoms with Crippen molar-refractivity contribution in [2.45, 2.75) is 13.5 Å². The number of hydrogen-bond acceptors (Lipinski definition) is 4. The monoisotopic (exact) mass is 309 g/mol. The van der Waals surface area contributed by atoms with Gasteiger partial charge in [0, 0.05) is 25.8 Å². The lowest BCUT2D eigenvalue weighted by Gasteiger charge is -2.18. The molecule has 3 N–H and O–H groups in total. The van der Waals surface area contributed by atoms with Crippen LogP contribution in [0, 0.1) is 6.92 Å². The maximum atomic E-state index is 11.7. The third-order valence-electron chi connectivity index (χ3n) is 3.11. The Morgan fingerprint density at radius 1 is 1.48 bits per heavy atom. The molecule has 0 aliphatic heterocycles. The average Bonchev–Trinajstić information content (AvgIpc) is 2.41. The van der Waals surface area contributed by atoms with E-state index in [9.17, 15) is 4.79 Å². The molecule has 1 amide bonds. The number of thiocarbonyl (C=S) groups is 1. The van der Waals surface area contributed by atoms with Crippen LogP contribution in [-0.4, -0.2) is 49.6 Å². The topological polar surface area (TPSA) is 67.6 Å². The molecule has 6 heteroatoms. The van der Waals surface area contributed by atoms with Crippen molar-refractivity contribution in [1.29, 1.82) is 0 Å². The molecule has 0 unspecified atom stereocenters. The van der Waals surface area contributed by atoms with Crippen LogP contribution in [-0.2, 0) is 16.1 Å². The van der Waals surface area contributed by atoms with Gasteiger partial charge in [0.15, 0.2) is 0 Å². The second-order valence-electron chi connectivity index (χ2n) is 5.02. The summed E-state index contributed by atoms with van der Waals surface area (Å²) in [6.45, 7) is 4.12. The van der Waals surface area contributed by atoms with Crippen molar-refractivity contribution in [3.8, 4) is 0 Å². The molecule has 1 aromatic carbocycles. The fraction of sp³-hybridized carbons (Fsp3) is 0.467. The molecule has 0 saturated heterocycles. The number of hydrogen-bond donors (Lipinski definition) is 2. The standard InChI is InChI=1S/C15H23N3O2S/c1-11-8-12(15(16)21)4-5-13(11)9-18(2)10-14(19)17-6-7-20-3/h4-5,8H,6-7,9-10H2,1-3H3,(H2,16,21)(H,17,19). The number of ether oxygens (including phenoxy) is 1. The number of nitrogens with one attached hydrogen (secondary N) is 1. The first kappa shape index (κ1) is 17.6. The summed E-state index contributed by atoms with van der Waals surface area (Å²) in [5.41, 5.74) is 8.75. The van der Waals surface area contributed by atoms with Crippen molar-refractivity contribution in [1.82, 2.24) is 10.2 Å². The van der Waals surface area contributed by atoms with Crippen molar-refractivity contribution in [3.05, 3.63) is 34.9 Å². The van der Waals surface area contributed by atoms with E-state index in [4.69, 9.17) is 22.7 Å². The second kappa shape index (κ2) is 8.71. The molecule has 0 spiro atoms.